The quantitative estimate of drug-likeness (QED) is 0.787. The maximum Gasteiger partial charge on any atom is 0.341 e. The zero-order valence-corrected chi connectivity index (χ0v) is 11.4. The molecule has 0 fully saturated rings. The Kier molecular flexibility index (Phi) is 4.07. The second-order valence-corrected chi connectivity index (χ2v) is 4.49. The van der Waals surface area contributed by atoms with Crippen LogP contribution in [0.3, 0.4) is 0 Å². The van der Waals surface area contributed by atoms with E-state index in [0.29, 0.717) is 22.1 Å². The van der Waals surface area contributed by atoms with E-state index in [1.165, 1.54) is 13.2 Å². The standard InChI is InChI=1S/C15H13ClO3/c1-10-4-3-5-12(8-10)19-14-7-6-11(16)9-13(14)15(17)18-2/h3-9H,1-2H3. The minimum Gasteiger partial charge on any atom is -0.465 e. The van der Waals surface area contributed by atoms with Crippen molar-refractivity contribution in [3.63, 3.8) is 0 Å². The molecule has 0 aliphatic rings. The maximum absolute atomic E-state index is 11.7. The summed E-state index contributed by atoms with van der Waals surface area (Å²) in [5.74, 6) is 0.597. The minimum atomic E-state index is -0.481. The number of esters is 1. The van der Waals surface area contributed by atoms with Gasteiger partial charge in [-0.2, -0.15) is 0 Å². The van der Waals surface area contributed by atoms with Gasteiger partial charge >= 0.3 is 5.97 Å². The molecule has 2 aromatic rings. The number of rotatable bonds is 3. The van der Waals surface area contributed by atoms with Crippen molar-refractivity contribution in [2.75, 3.05) is 7.11 Å². The first-order chi connectivity index (χ1) is 9.10. The minimum absolute atomic E-state index is 0.302. The number of carbonyl (C=O) groups is 1. The van der Waals surface area contributed by atoms with Gasteiger partial charge in [0.2, 0.25) is 0 Å². The molecule has 4 heteroatoms. The molecule has 0 aromatic heterocycles. The van der Waals surface area contributed by atoms with E-state index in [9.17, 15) is 4.79 Å². The van der Waals surface area contributed by atoms with Gasteiger partial charge in [0.15, 0.2) is 0 Å². The molecule has 0 bridgehead atoms. The molecule has 19 heavy (non-hydrogen) atoms. The van der Waals surface area contributed by atoms with Crippen molar-refractivity contribution in [3.05, 3.63) is 58.6 Å². The van der Waals surface area contributed by atoms with Gasteiger partial charge in [0, 0.05) is 5.02 Å². The average molecular weight is 277 g/mol. The lowest BCUT2D eigenvalue weighted by Crippen LogP contribution is -2.03. The van der Waals surface area contributed by atoms with Crippen LogP contribution in [0.2, 0.25) is 5.02 Å². The predicted molar refractivity (Wildman–Crippen MR) is 74.0 cm³/mol. The summed E-state index contributed by atoms with van der Waals surface area (Å²) in [5, 5.41) is 0.456. The Labute approximate surface area is 116 Å². The number of halogens is 1. The first-order valence-electron chi connectivity index (χ1n) is 5.72. The molecular formula is C15H13ClO3. The molecule has 0 atom stereocenters. The summed E-state index contributed by atoms with van der Waals surface area (Å²) in [6.07, 6.45) is 0. The van der Waals surface area contributed by atoms with Crippen molar-refractivity contribution >= 4 is 17.6 Å². The zero-order valence-electron chi connectivity index (χ0n) is 10.6. The monoisotopic (exact) mass is 276 g/mol. The number of ether oxygens (including phenoxy) is 2. The van der Waals surface area contributed by atoms with Crippen molar-refractivity contribution in [3.8, 4) is 11.5 Å². The summed E-state index contributed by atoms with van der Waals surface area (Å²) in [7, 11) is 1.32. The van der Waals surface area contributed by atoms with E-state index in [-0.39, 0.29) is 0 Å². The highest BCUT2D eigenvalue weighted by Crippen LogP contribution is 2.28. The van der Waals surface area contributed by atoms with Crippen molar-refractivity contribution in [2.24, 2.45) is 0 Å². The lowest BCUT2D eigenvalue weighted by Gasteiger charge is -2.10. The second kappa shape index (κ2) is 5.76. The first kappa shape index (κ1) is 13.4. The predicted octanol–water partition coefficient (Wildman–Crippen LogP) is 4.23. The molecular weight excluding hydrogens is 264 g/mol. The fraction of sp³-hybridized carbons (Fsp3) is 0.133. The van der Waals surface area contributed by atoms with Gasteiger partial charge in [-0.25, -0.2) is 4.79 Å². The lowest BCUT2D eigenvalue weighted by molar-refractivity contribution is 0.0598. The molecule has 0 spiro atoms. The molecule has 0 amide bonds. The van der Waals surface area contributed by atoms with Gasteiger partial charge in [-0.15, -0.1) is 0 Å². The number of hydrogen-bond acceptors (Lipinski definition) is 3. The molecule has 2 aromatic carbocycles. The Morgan fingerprint density at radius 3 is 2.63 bits per heavy atom. The van der Waals surface area contributed by atoms with E-state index in [0.717, 1.165) is 5.56 Å². The van der Waals surface area contributed by atoms with Gasteiger partial charge in [-0.3, -0.25) is 0 Å². The fourth-order valence-electron chi connectivity index (χ4n) is 1.67. The third kappa shape index (κ3) is 3.26. The van der Waals surface area contributed by atoms with E-state index >= 15 is 0 Å². The van der Waals surface area contributed by atoms with Gasteiger partial charge < -0.3 is 9.47 Å². The molecule has 98 valence electrons. The van der Waals surface area contributed by atoms with E-state index in [2.05, 4.69) is 0 Å². The Morgan fingerprint density at radius 2 is 1.95 bits per heavy atom. The average Bonchev–Trinajstić information content (AvgIpc) is 2.40. The Hall–Kier alpha value is -2.00. The Morgan fingerprint density at radius 1 is 1.16 bits per heavy atom. The summed E-state index contributed by atoms with van der Waals surface area (Å²) < 4.78 is 10.4. The van der Waals surface area contributed by atoms with Crippen LogP contribution in [0.25, 0.3) is 0 Å². The highest BCUT2D eigenvalue weighted by Gasteiger charge is 2.14. The lowest BCUT2D eigenvalue weighted by atomic mass is 10.2. The van der Waals surface area contributed by atoms with Crippen molar-refractivity contribution in [2.45, 2.75) is 6.92 Å². The molecule has 0 radical (unpaired) electrons. The van der Waals surface area contributed by atoms with Crippen LogP contribution in [0.1, 0.15) is 15.9 Å². The number of benzene rings is 2. The van der Waals surface area contributed by atoms with E-state index in [1.807, 2.05) is 31.2 Å². The maximum atomic E-state index is 11.7. The smallest absolute Gasteiger partial charge is 0.341 e. The van der Waals surface area contributed by atoms with Crippen LogP contribution in [-0.4, -0.2) is 13.1 Å². The van der Waals surface area contributed by atoms with Crippen LogP contribution in [0.5, 0.6) is 11.5 Å². The van der Waals surface area contributed by atoms with Crippen molar-refractivity contribution < 1.29 is 14.3 Å². The van der Waals surface area contributed by atoms with Gasteiger partial charge in [-0.1, -0.05) is 23.7 Å². The topological polar surface area (TPSA) is 35.5 Å². The fourth-order valence-corrected chi connectivity index (χ4v) is 1.84. The molecule has 0 N–H and O–H groups in total. The molecule has 2 rings (SSSR count). The van der Waals surface area contributed by atoms with Gasteiger partial charge in [-0.05, 0) is 42.8 Å². The zero-order chi connectivity index (χ0) is 13.8. The van der Waals surface area contributed by atoms with Crippen molar-refractivity contribution in [1.82, 2.24) is 0 Å². The third-order valence-corrected chi connectivity index (χ3v) is 2.80. The van der Waals surface area contributed by atoms with Crippen LogP contribution in [-0.2, 0) is 4.74 Å². The van der Waals surface area contributed by atoms with Crippen LogP contribution < -0.4 is 4.74 Å². The number of hydrogen-bond donors (Lipinski definition) is 0. The van der Waals surface area contributed by atoms with E-state index in [1.54, 1.807) is 12.1 Å². The normalized spacial score (nSPS) is 10.1. The van der Waals surface area contributed by atoms with E-state index in [4.69, 9.17) is 21.1 Å². The highest BCUT2D eigenvalue weighted by molar-refractivity contribution is 6.31. The molecule has 3 nitrogen and oxygen atoms in total. The summed E-state index contributed by atoms with van der Waals surface area (Å²) >= 11 is 5.88. The third-order valence-electron chi connectivity index (χ3n) is 2.56. The summed E-state index contributed by atoms with van der Waals surface area (Å²) in [6.45, 7) is 1.97. The second-order valence-electron chi connectivity index (χ2n) is 4.05. The Bertz CT molecular complexity index is 608. The molecule has 0 unspecified atom stereocenters. The van der Waals surface area contributed by atoms with Gasteiger partial charge in [0.1, 0.15) is 17.1 Å². The molecule has 0 heterocycles. The van der Waals surface area contributed by atoms with Crippen LogP contribution in [0, 0.1) is 6.92 Å². The molecule has 0 saturated carbocycles. The molecule has 0 aliphatic heterocycles. The summed E-state index contributed by atoms with van der Waals surface area (Å²) in [6, 6.07) is 12.4. The highest BCUT2D eigenvalue weighted by atomic mass is 35.5. The van der Waals surface area contributed by atoms with Crippen molar-refractivity contribution in [1.29, 1.82) is 0 Å². The van der Waals surface area contributed by atoms with Gasteiger partial charge in [0.05, 0.1) is 7.11 Å². The molecule has 0 saturated heterocycles. The SMILES string of the molecule is COC(=O)c1cc(Cl)ccc1Oc1cccc(C)c1. The number of carbonyl (C=O) groups excluding carboxylic acids is 1. The Balaban J connectivity index is 2.37. The molecule has 0 aliphatic carbocycles. The first-order valence-corrected chi connectivity index (χ1v) is 6.10. The summed E-state index contributed by atoms with van der Waals surface area (Å²) in [4.78, 5) is 11.7. The number of methoxy groups -OCH3 is 1. The largest absolute Gasteiger partial charge is 0.465 e. The van der Waals surface area contributed by atoms with E-state index < -0.39 is 5.97 Å². The van der Waals surface area contributed by atoms with Gasteiger partial charge in [0.25, 0.3) is 0 Å². The van der Waals surface area contributed by atoms with Crippen LogP contribution in [0.4, 0.5) is 0 Å². The number of aryl methyl sites for hydroxylation is 1. The summed E-state index contributed by atoms with van der Waals surface area (Å²) in [5.41, 5.74) is 1.38. The van der Waals surface area contributed by atoms with Crippen LogP contribution in [0.15, 0.2) is 42.5 Å². The van der Waals surface area contributed by atoms with Crippen LogP contribution >= 0.6 is 11.6 Å².